The molecular formula is C8H7FO3. The summed E-state index contributed by atoms with van der Waals surface area (Å²) < 4.78 is 37.4. The number of aromatic carboxylic acids is 1. The lowest BCUT2D eigenvalue weighted by atomic mass is 10.2. The Morgan fingerprint density at radius 2 is 2.50 bits per heavy atom. The summed E-state index contributed by atoms with van der Waals surface area (Å²) in [6, 6.07) is 2.59. The molecule has 0 bridgehead atoms. The summed E-state index contributed by atoms with van der Waals surface area (Å²) in [5.41, 5.74) is -0.522. The lowest BCUT2D eigenvalue weighted by molar-refractivity contribution is 0.0692. The van der Waals surface area contributed by atoms with Gasteiger partial charge in [0.1, 0.15) is 17.1 Å². The molecule has 0 amide bonds. The van der Waals surface area contributed by atoms with E-state index in [0.29, 0.717) is 6.07 Å². The van der Waals surface area contributed by atoms with Crippen molar-refractivity contribution in [3.05, 3.63) is 29.6 Å². The molecule has 0 saturated heterocycles. The number of methoxy groups -OCH3 is 1. The van der Waals surface area contributed by atoms with Crippen LogP contribution in [0.25, 0.3) is 0 Å². The van der Waals surface area contributed by atoms with Gasteiger partial charge in [-0.15, -0.1) is 0 Å². The summed E-state index contributed by atoms with van der Waals surface area (Å²) in [5, 5.41) is 8.66. The second-order valence-corrected chi connectivity index (χ2v) is 2.05. The zero-order valence-electron chi connectivity index (χ0n) is 8.87. The largest absolute Gasteiger partial charge is 0.496 e. The summed E-state index contributed by atoms with van der Waals surface area (Å²) in [7, 11) is -2.76. The van der Waals surface area contributed by atoms with Crippen molar-refractivity contribution >= 4 is 5.97 Å². The van der Waals surface area contributed by atoms with Crippen molar-refractivity contribution in [2.45, 2.75) is 0 Å². The molecule has 0 spiro atoms. The van der Waals surface area contributed by atoms with Gasteiger partial charge in [0.05, 0.1) is 11.2 Å². The van der Waals surface area contributed by atoms with Gasteiger partial charge in [0, 0.05) is 0 Å². The summed E-state index contributed by atoms with van der Waals surface area (Å²) in [6.07, 6.45) is 0. The molecule has 64 valence electrons. The van der Waals surface area contributed by atoms with Crippen LogP contribution in [0, 0.1) is 5.82 Å². The Hall–Kier alpha value is -1.58. The molecule has 0 heterocycles. The zero-order chi connectivity index (χ0) is 11.6. The van der Waals surface area contributed by atoms with Crippen molar-refractivity contribution in [1.29, 1.82) is 0 Å². The predicted molar refractivity (Wildman–Crippen MR) is 39.9 cm³/mol. The fourth-order valence-corrected chi connectivity index (χ4v) is 0.758. The topological polar surface area (TPSA) is 46.5 Å². The van der Waals surface area contributed by atoms with Gasteiger partial charge in [0.25, 0.3) is 0 Å². The van der Waals surface area contributed by atoms with E-state index in [4.69, 9.17) is 9.22 Å². The van der Waals surface area contributed by atoms with Gasteiger partial charge < -0.3 is 9.84 Å². The van der Waals surface area contributed by atoms with Gasteiger partial charge in [-0.05, 0) is 18.2 Å². The molecule has 3 nitrogen and oxygen atoms in total. The minimum Gasteiger partial charge on any atom is -0.496 e. The molecule has 0 fully saturated rings. The summed E-state index contributed by atoms with van der Waals surface area (Å²) >= 11 is 0. The standard InChI is InChI=1S/C8H7FO3/c1-12-7-3-2-5(9)4-6(7)8(10)11/h2-4H,1H3,(H,10,11)/i1D3. The van der Waals surface area contributed by atoms with E-state index in [1.165, 1.54) is 0 Å². The average Bonchev–Trinajstić information content (AvgIpc) is 2.05. The van der Waals surface area contributed by atoms with E-state index in [9.17, 15) is 9.18 Å². The summed E-state index contributed by atoms with van der Waals surface area (Å²) in [5.74, 6) is -2.61. The van der Waals surface area contributed by atoms with E-state index >= 15 is 0 Å². The minimum absolute atomic E-state index is 0.385. The molecule has 0 radical (unpaired) electrons. The molecule has 4 heteroatoms. The third-order valence-corrected chi connectivity index (χ3v) is 1.28. The number of ether oxygens (including phenoxy) is 1. The van der Waals surface area contributed by atoms with E-state index < -0.39 is 24.4 Å². The van der Waals surface area contributed by atoms with Gasteiger partial charge in [0.15, 0.2) is 0 Å². The van der Waals surface area contributed by atoms with Crippen molar-refractivity contribution in [2.24, 2.45) is 0 Å². The molecule has 1 aromatic carbocycles. The van der Waals surface area contributed by atoms with Crippen LogP contribution in [0.15, 0.2) is 18.2 Å². The number of hydrogen-bond acceptors (Lipinski definition) is 2. The predicted octanol–water partition coefficient (Wildman–Crippen LogP) is 1.53. The number of carboxylic acid groups (broad SMARTS) is 1. The molecule has 1 aromatic rings. The van der Waals surface area contributed by atoms with Crippen LogP contribution in [-0.4, -0.2) is 18.1 Å². The molecule has 1 N–H and O–H groups in total. The monoisotopic (exact) mass is 173 g/mol. The number of carbonyl (C=O) groups is 1. The number of carboxylic acids is 1. The second-order valence-electron chi connectivity index (χ2n) is 2.05. The fraction of sp³-hybridized carbons (Fsp3) is 0.125. The normalized spacial score (nSPS) is 14.2. The Balaban J connectivity index is 3.12. The molecule has 0 aliphatic heterocycles. The summed E-state index contributed by atoms with van der Waals surface area (Å²) in [4.78, 5) is 10.6. The highest BCUT2D eigenvalue weighted by Crippen LogP contribution is 2.18. The Morgan fingerprint density at radius 1 is 1.75 bits per heavy atom. The molecule has 0 aliphatic carbocycles. The van der Waals surface area contributed by atoms with E-state index in [0.717, 1.165) is 12.1 Å². The van der Waals surface area contributed by atoms with E-state index in [1.54, 1.807) is 0 Å². The molecule has 0 aromatic heterocycles. The highest BCUT2D eigenvalue weighted by atomic mass is 19.1. The minimum atomic E-state index is -2.76. The molecule has 0 unspecified atom stereocenters. The van der Waals surface area contributed by atoms with Crippen LogP contribution in [0.5, 0.6) is 5.75 Å². The Labute approximate surface area is 72.6 Å². The molecule has 0 saturated carbocycles. The number of hydrogen-bond donors (Lipinski definition) is 1. The number of rotatable bonds is 2. The van der Waals surface area contributed by atoms with Crippen LogP contribution in [0.2, 0.25) is 0 Å². The highest BCUT2D eigenvalue weighted by Gasteiger charge is 2.10. The third kappa shape index (κ3) is 1.53. The second kappa shape index (κ2) is 3.21. The van der Waals surface area contributed by atoms with Crippen LogP contribution < -0.4 is 4.74 Å². The van der Waals surface area contributed by atoms with Crippen molar-refractivity contribution in [2.75, 3.05) is 7.04 Å². The Kier molecular flexibility index (Phi) is 1.37. The van der Waals surface area contributed by atoms with Crippen LogP contribution in [0.1, 0.15) is 14.5 Å². The van der Waals surface area contributed by atoms with Crippen molar-refractivity contribution < 1.29 is 23.1 Å². The first-order valence-corrected chi connectivity index (χ1v) is 3.01. The van der Waals surface area contributed by atoms with Crippen LogP contribution >= 0.6 is 0 Å². The quantitative estimate of drug-likeness (QED) is 0.737. The van der Waals surface area contributed by atoms with Crippen molar-refractivity contribution in [1.82, 2.24) is 0 Å². The number of halogens is 1. The maximum atomic E-state index is 12.7. The number of benzene rings is 1. The van der Waals surface area contributed by atoms with Gasteiger partial charge in [0.2, 0.25) is 0 Å². The van der Waals surface area contributed by atoms with Crippen LogP contribution in [0.3, 0.4) is 0 Å². The van der Waals surface area contributed by atoms with Gasteiger partial charge in [-0.1, -0.05) is 0 Å². The average molecular weight is 173 g/mol. The maximum Gasteiger partial charge on any atom is 0.339 e. The maximum absolute atomic E-state index is 12.7. The molecule has 0 atom stereocenters. The first kappa shape index (κ1) is 5.13. The third-order valence-electron chi connectivity index (χ3n) is 1.28. The van der Waals surface area contributed by atoms with Crippen LogP contribution in [-0.2, 0) is 0 Å². The molecular weight excluding hydrogens is 163 g/mol. The van der Waals surface area contributed by atoms with E-state index in [-0.39, 0.29) is 5.75 Å². The molecule has 0 aliphatic rings. The summed E-state index contributed by atoms with van der Waals surface area (Å²) in [6.45, 7) is 0. The van der Waals surface area contributed by atoms with E-state index in [1.807, 2.05) is 0 Å². The molecule has 1 rings (SSSR count). The van der Waals surface area contributed by atoms with Gasteiger partial charge >= 0.3 is 5.97 Å². The van der Waals surface area contributed by atoms with Gasteiger partial charge in [-0.25, -0.2) is 9.18 Å². The van der Waals surface area contributed by atoms with Gasteiger partial charge in [-0.2, -0.15) is 0 Å². The zero-order valence-corrected chi connectivity index (χ0v) is 5.87. The first-order chi connectivity index (χ1) is 6.79. The van der Waals surface area contributed by atoms with Crippen molar-refractivity contribution in [3.63, 3.8) is 0 Å². The highest BCUT2D eigenvalue weighted by molar-refractivity contribution is 5.90. The van der Waals surface area contributed by atoms with Gasteiger partial charge in [-0.3, -0.25) is 0 Å². The van der Waals surface area contributed by atoms with Crippen molar-refractivity contribution in [3.8, 4) is 5.75 Å². The van der Waals surface area contributed by atoms with Crippen LogP contribution in [0.4, 0.5) is 4.39 Å². The Bertz CT molecular complexity index is 389. The molecule has 12 heavy (non-hydrogen) atoms. The lowest BCUT2D eigenvalue weighted by Crippen LogP contribution is -2.00. The lowest BCUT2D eigenvalue weighted by Gasteiger charge is -2.03. The fourth-order valence-electron chi connectivity index (χ4n) is 0.758. The SMILES string of the molecule is [2H]C([2H])([2H])Oc1ccc(F)cc1C(=O)O. The smallest absolute Gasteiger partial charge is 0.339 e. The Morgan fingerprint density at radius 3 is 3.08 bits per heavy atom. The first-order valence-electron chi connectivity index (χ1n) is 4.51. The van der Waals surface area contributed by atoms with E-state index in [2.05, 4.69) is 4.74 Å².